The van der Waals surface area contributed by atoms with Gasteiger partial charge in [-0.05, 0) is 36.4 Å². The molecule has 1 aromatic heterocycles. The zero-order valence-corrected chi connectivity index (χ0v) is 21.6. The first-order valence-electron chi connectivity index (χ1n) is 10.8. The van der Waals surface area contributed by atoms with Crippen LogP contribution in [-0.4, -0.2) is 14.8 Å². The lowest BCUT2D eigenvalue weighted by atomic mass is 10.1. The SMILES string of the molecule is O=[N+]([O-])c1ccc(Cl)cc1COC(Nc1nc(-c2cccc(C(F)(F)F)c2)cs1)c1cc(Cl)ccc1[N+](=O)[O-]. The van der Waals surface area contributed by atoms with Crippen LogP contribution in [0.5, 0.6) is 0 Å². The van der Waals surface area contributed by atoms with Crippen LogP contribution >= 0.6 is 34.5 Å². The second kappa shape index (κ2) is 11.5. The summed E-state index contributed by atoms with van der Waals surface area (Å²) in [6, 6.07) is 12.3. The van der Waals surface area contributed by atoms with Gasteiger partial charge in [0.2, 0.25) is 0 Å². The molecule has 0 saturated heterocycles. The van der Waals surface area contributed by atoms with Crippen molar-refractivity contribution in [3.05, 3.63) is 113 Å². The van der Waals surface area contributed by atoms with Crippen LogP contribution in [0.4, 0.5) is 29.7 Å². The Labute approximate surface area is 232 Å². The first-order chi connectivity index (χ1) is 18.4. The molecule has 1 N–H and O–H groups in total. The van der Waals surface area contributed by atoms with Crippen LogP contribution in [0.2, 0.25) is 10.0 Å². The predicted octanol–water partition coefficient (Wildman–Crippen LogP) is 8.28. The smallest absolute Gasteiger partial charge is 0.349 e. The molecule has 0 saturated carbocycles. The molecular formula is C24H15Cl2F3N4O5S. The van der Waals surface area contributed by atoms with Gasteiger partial charge < -0.3 is 10.1 Å². The van der Waals surface area contributed by atoms with Gasteiger partial charge in [0.25, 0.3) is 11.4 Å². The van der Waals surface area contributed by atoms with Crippen LogP contribution < -0.4 is 5.32 Å². The number of hydrogen-bond acceptors (Lipinski definition) is 8. The average Bonchev–Trinajstić information content (AvgIpc) is 3.34. The van der Waals surface area contributed by atoms with Gasteiger partial charge in [-0.3, -0.25) is 20.2 Å². The molecule has 39 heavy (non-hydrogen) atoms. The fraction of sp³-hybridized carbons (Fsp3) is 0.125. The van der Waals surface area contributed by atoms with Crippen molar-refractivity contribution in [3.63, 3.8) is 0 Å². The standard InChI is InChI=1S/C24H15Cl2F3N4O5S/c25-16-4-6-20(32(34)35)14(9-16)11-38-22(18-10-17(26)5-7-21(18)33(36)37)31-23-30-19(12-39-23)13-2-1-3-15(8-13)24(27,28)29/h1-10,12,22H,11H2,(H,30,31). The van der Waals surface area contributed by atoms with E-state index in [4.69, 9.17) is 27.9 Å². The van der Waals surface area contributed by atoms with Crippen molar-refractivity contribution in [1.29, 1.82) is 0 Å². The minimum Gasteiger partial charge on any atom is -0.349 e. The molecule has 0 aliphatic carbocycles. The summed E-state index contributed by atoms with van der Waals surface area (Å²) in [7, 11) is 0. The van der Waals surface area contributed by atoms with E-state index < -0.39 is 27.8 Å². The van der Waals surface area contributed by atoms with Crippen molar-refractivity contribution >= 4 is 51.0 Å². The van der Waals surface area contributed by atoms with Crippen molar-refractivity contribution in [2.75, 3.05) is 5.32 Å². The fourth-order valence-electron chi connectivity index (χ4n) is 3.57. The van der Waals surface area contributed by atoms with Crippen LogP contribution in [0.15, 0.2) is 66.0 Å². The van der Waals surface area contributed by atoms with Gasteiger partial charge in [0.05, 0.1) is 38.8 Å². The number of nitrogens with zero attached hydrogens (tertiary/aromatic N) is 3. The maximum Gasteiger partial charge on any atom is 0.416 e. The summed E-state index contributed by atoms with van der Waals surface area (Å²) in [5, 5.41) is 28.1. The molecule has 15 heteroatoms. The summed E-state index contributed by atoms with van der Waals surface area (Å²) in [6.07, 6.45) is -5.83. The third kappa shape index (κ3) is 6.81. The van der Waals surface area contributed by atoms with Gasteiger partial charge in [0.15, 0.2) is 11.4 Å². The number of halogens is 5. The Balaban J connectivity index is 1.69. The molecule has 0 fully saturated rings. The van der Waals surface area contributed by atoms with E-state index in [0.29, 0.717) is 0 Å². The number of alkyl halides is 3. The molecule has 0 bridgehead atoms. The number of nitro benzene ring substituents is 2. The van der Waals surface area contributed by atoms with Crippen molar-refractivity contribution in [1.82, 2.24) is 4.98 Å². The molecule has 9 nitrogen and oxygen atoms in total. The van der Waals surface area contributed by atoms with Crippen molar-refractivity contribution in [2.45, 2.75) is 19.0 Å². The molecule has 1 unspecified atom stereocenters. The fourth-order valence-corrected chi connectivity index (χ4v) is 4.68. The van der Waals surface area contributed by atoms with Crippen molar-refractivity contribution in [2.24, 2.45) is 0 Å². The topological polar surface area (TPSA) is 120 Å². The summed E-state index contributed by atoms with van der Waals surface area (Å²) in [4.78, 5) is 26.2. The van der Waals surface area contributed by atoms with E-state index in [1.807, 2.05) is 0 Å². The largest absolute Gasteiger partial charge is 0.416 e. The number of anilines is 1. The van der Waals surface area contributed by atoms with Gasteiger partial charge in [-0.2, -0.15) is 13.2 Å². The Morgan fingerprint density at radius 3 is 2.31 bits per heavy atom. The molecule has 0 radical (unpaired) electrons. The van der Waals surface area contributed by atoms with Crippen LogP contribution in [0.3, 0.4) is 0 Å². The number of nitro groups is 2. The number of aromatic nitrogens is 1. The van der Waals surface area contributed by atoms with E-state index in [0.717, 1.165) is 23.5 Å². The van der Waals surface area contributed by atoms with Gasteiger partial charge in [-0.25, -0.2) is 4.98 Å². The maximum atomic E-state index is 13.1. The normalized spacial score (nSPS) is 12.2. The van der Waals surface area contributed by atoms with E-state index in [2.05, 4.69) is 10.3 Å². The Hall–Kier alpha value is -3.78. The number of nitrogens with one attached hydrogen (secondary N) is 1. The molecule has 4 rings (SSSR count). The zero-order chi connectivity index (χ0) is 28.3. The Kier molecular flexibility index (Phi) is 8.35. The van der Waals surface area contributed by atoms with E-state index in [9.17, 15) is 33.4 Å². The Morgan fingerprint density at radius 2 is 1.64 bits per heavy atom. The summed E-state index contributed by atoms with van der Waals surface area (Å²) in [5.74, 6) is 0. The summed E-state index contributed by atoms with van der Waals surface area (Å²) >= 11 is 13.1. The first kappa shape index (κ1) is 28.2. The van der Waals surface area contributed by atoms with Gasteiger partial charge in [0.1, 0.15) is 0 Å². The lowest BCUT2D eigenvalue weighted by Crippen LogP contribution is -2.16. The molecule has 1 atom stereocenters. The zero-order valence-electron chi connectivity index (χ0n) is 19.3. The van der Waals surface area contributed by atoms with Crippen molar-refractivity contribution < 1.29 is 27.8 Å². The molecule has 4 aromatic rings. The lowest BCUT2D eigenvalue weighted by Gasteiger charge is -2.20. The maximum absolute atomic E-state index is 13.1. The molecule has 1 heterocycles. The molecule has 0 spiro atoms. The number of hydrogen-bond donors (Lipinski definition) is 1. The highest BCUT2D eigenvalue weighted by Gasteiger charge is 2.31. The third-order valence-corrected chi connectivity index (χ3v) is 6.60. The highest BCUT2D eigenvalue weighted by atomic mass is 35.5. The van der Waals surface area contributed by atoms with Gasteiger partial charge in [-0.15, -0.1) is 11.3 Å². The average molecular weight is 599 g/mol. The monoisotopic (exact) mass is 598 g/mol. The summed E-state index contributed by atoms with van der Waals surface area (Å²) < 4.78 is 45.3. The Morgan fingerprint density at radius 1 is 0.974 bits per heavy atom. The number of ether oxygens (including phenoxy) is 1. The summed E-state index contributed by atoms with van der Waals surface area (Å²) in [5.41, 5.74) is -0.956. The predicted molar refractivity (Wildman–Crippen MR) is 140 cm³/mol. The highest BCUT2D eigenvalue weighted by molar-refractivity contribution is 7.14. The van der Waals surface area contributed by atoms with E-state index in [1.165, 1.54) is 53.9 Å². The highest BCUT2D eigenvalue weighted by Crippen LogP contribution is 2.36. The first-order valence-corrected chi connectivity index (χ1v) is 12.4. The van der Waals surface area contributed by atoms with E-state index >= 15 is 0 Å². The summed E-state index contributed by atoms with van der Waals surface area (Å²) in [6.45, 7) is -0.385. The molecule has 0 aliphatic heterocycles. The van der Waals surface area contributed by atoms with Crippen LogP contribution in [0.1, 0.15) is 22.9 Å². The molecule has 202 valence electrons. The van der Waals surface area contributed by atoms with E-state index in [-0.39, 0.29) is 55.5 Å². The van der Waals surface area contributed by atoms with Crippen LogP contribution in [-0.2, 0) is 17.5 Å². The second-order valence-electron chi connectivity index (χ2n) is 7.94. The van der Waals surface area contributed by atoms with Gasteiger partial charge >= 0.3 is 6.18 Å². The van der Waals surface area contributed by atoms with Gasteiger partial charge in [0, 0.05) is 33.1 Å². The molecule has 0 aliphatic rings. The number of thiazole rings is 1. The van der Waals surface area contributed by atoms with Crippen LogP contribution in [0, 0.1) is 20.2 Å². The van der Waals surface area contributed by atoms with E-state index in [1.54, 1.807) is 0 Å². The quantitative estimate of drug-likeness (QED) is 0.117. The minimum absolute atomic E-state index is 0.00648. The van der Waals surface area contributed by atoms with Crippen LogP contribution in [0.25, 0.3) is 11.3 Å². The number of rotatable bonds is 9. The molecule has 0 amide bonds. The minimum atomic E-state index is -4.54. The number of benzene rings is 3. The molecular weight excluding hydrogens is 584 g/mol. The second-order valence-corrected chi connectivity index (χ2v) is 9.67. The Bertz CT molecular complexity index is 1550. The van der Waals surface area contributed by atoms with Gasteiger partial charge in [-0.1, -0.05) is 35.3 Å². The van der Waals surface area contributed by atoms with Crippen molar-refractivity contribution in [3.8, 4) is 11.3 Å². The third-order valence-electron chi connectivity index (χ3n) is 5.36. The molecule has 3 aromatic carbocycles. The lowest BCUT2D eigenvalue weighted by molar-refractivity contribution is -0.386.